The predicted octanol–water partition coefficient (Wildman–Crippen LogP) is -1.84. The lowest BCUT2D eigenvalue weighted by atomic mass is 9.90. The summed E-state index contributed by atoms with van der Waals surface area (Å²) in [6.07, 6.45) is -8.42. The third-order valence-electron chi connectivity index (χ3n) is 4.60. The zero-order chi connectivity index (χ0) is 20.9. The lowest BCUT2D eigenvalue weighted by molar-refractivity contribution is -0.320. The van der Waals surface area contributed by atoms with Gasteiger partial charge in [-0.2, -0.15) is 0 Å². The Hall–Kier alpha value is -2.08. The Bertz CT molecular complexity index is 670. The second kappa shape index (κ2) is 9.41. The van der Waals surface area contributed by atoms with Gasteiger partial charge in [0.1, 0.15) is 18.3 Å². The van der Waals surface area contributed by atoms with Crippen LogP contribution < -0.4 is 5.32 Å². The molecule has 0 bridgehead atoms. The van der Waals surface area contributed by atoms with E-state index in [0.29, 0.717) is 5.56 Å². The molecule has 1 aromatic rings. The molecule has 1 heterocycles. The molecule has 0 unspecified atom stereocenters. The fraction of sp³-hybridized carbons (Fsp3) is 0.556. The van der Waals surface area contributed by atoms with Crippen LogP contribution in [0.3, 0.4) is 0 Å². The van der Waals surface area contributed by atoms with Gasteiger partial charge in [-0.25, -0.2) is 4.79 Å². The van der Waals surface area contributed by atoms with Crippen molar-refractivity contribution < 1.29 is 44.2 Å². The SMILES string of the molecule is COC(=O)[C@@]1(OC)C[C@H](O)[C@@H](O)[C@H]([C@H](O)[C@H](O)CNC(=O)c2ccccc2)O1. The molecular formula is C18H25NO9. The summed E-state index contributed by atoms with van der Waals surface area (Å²) in [4.78, 5) is 24.1. The Kier molecular flexibility index (Phi) is 7.47. The Morgan fingerprint density at radius 2 is 1.89 bits per heavy atom. The van der Waals surface area contributed by atoms with Crippen LogP contribution in [0.25, 0.3) is 0 Å². The van der Waals surface area contributed by atoms with Crippen LogP contribution in [0.2, 0.25) is 0 Å². The van der Waals surface area contributed by atoms with Gasteiger partial charge >= 0.3 is 5.97 Å². The largest absolute Gasteiger partial charge is 0.465 e. The third kappa shape index (κ3) is 4.66. The molecule has 1 amide bonds. The van der Waals surface area contributed by atoms with E-state index in [1.54, 1.807) is 30.3 Å². The summed E-state index contributed by atoms with van der Waals surface area (Å²) in [6.45, 7) is -0.365. The fourth-order valence-electron chi connectivity index (χ4n) is 2.95. The second-order valence-corrected chi connectivity index (χ2v) is 6.43. The number of carbonyl (C=O) groups is 2. The molecule has 1 saturated heterocycles. The minimum Gasteiger partial charge on any atom is -0.465 e. The number of amides is 1. The molecule has 0 radical (unpaired) electrons. The van der Waals surface area contributed by atoms with E-state index in [2.05, 4.69) is 10.1 Å². The van der Waals surface area contributed by atoms with Crippen LogP contribution in [0.1, 0.15) is 16.8 Å². The van der Waals surface area contributed by atoms with Crippen LogP contribution in [0.4, 0.5) is 0 Å². The highest BCUT2D eigenvalue weighted by atomic mass is 16.7. The molecule has 6 atom stereocenters. The number of hydrogen-bond donors (Lipinski definition) is 5. The highest BCUT2D eigenvalue weighted by molar-refractivity contribution is 5.94. The molecule has 0 aromatic heterocycles. The van der Waals surface area contributed by atoms with E-state index >= 15 is 0 Å². The molecule has 1 fully saturated rings. The zero-order valence-electron chi connectivity index (χ0n) is 15.5. The summed E-state index contributed by atoms with van der Waals surface area (Å²) in [6, 6.07) is 8.24. The topological polar surface area (TPSA) is 155 Å². The van der Waals surface area contributed by atoms with Crippen LogP contribution in [0.5, 0.6) is 0 Å². The number of carbonyl (C=O) groups excluding carboxylic acids is 2. The first-order valence-corrected chi connectivity index (χ1v) is 8.62. The van der Waals surface area contributed by atoms with Gasteiger partial charge in [0.15, 0.2) is 0 Å². The van der Waals surface area contributed by atoms with Crippen molar-refractivity contribution in [2.75, 3.05) is 20.8 Å². The number of ether oxygens (including phenoxy) is 3. The number of nitrogens with one attached hydrogen (secondary N) is 1. The third-order valence-corrected chi connectivity index (χ3v) is 4.60. The number of esters is 1. The number of aliphatic hydroxyl groups is 4. The van der Waals surface area contributed by atoms with Gasteiger partial charge in [-0.05, 0) is 12.1 Å². The average Bonchev–Trinajstić information content (AvgIpc) is 2.73. The van der Waals surface area contributed by atoms with E-state index in [9.17, 15) is 30.0 Å². The molecule has 1 aliphatic heterocycles. The molecule has 1 aromatic carbocycles. The molecule has 28 heavy (non-hydrogen) atoms. The average molecular weight is 399 g/mol. The van der Waals surface area contributed by atoms with E-state index in [-0.39, 0.29) is 6.54 Å². The quantitative estimate of drug-likeness (QED) is 0.333. The van der Waals surface area contributed by atoms with Gasteiger partial charge in [0.05, 0.1) is 19.3 Å². The van der Waals surface area contributed by atoms with Gasteiger partial charge in [-0.1, -0.05) is 18.2 Å². The smallest absolute Gasteiger partial charge is 0.366 e. The summed E-state index contributed by atoms with van der Waals surface area (Å²) in [5.74, 6) is -3.49. The molecule has 0 saturated carbocycles. The maximum absolute atomic E-state index is 12.0. The van der Waals surface area contributed by atoms with E-state index in [0.717, 1.165) is 14.2 Å². The lowest BCUT2D eigenvalue weighted by Crippen LogP contribution is -2.64. The normalized spacial score (nSPS) is 29.6. The first-order valence-electron chi connectivity index (χ1n) is 8.62. The van der Waals surface area contributed by atoms with Crippen molar-refractivity contribution in [1.29, 1.82) is 0 Å². The highest BCUT2D eigenvalue weighted by Crippen LogP contribution is 2.33. The van der Waals surface area contributed by atoms with E-state index in [4.69, 9.17) is 9.47 Å². The molecule has 0 spiro atoms. The summed E-state index contributed by atoms with van der Waals surface area (Å²) in [5, 5.41) is 43.3. The highest BCUT2D eigenvalue weighted by Gasteiger charge is 2.55. The molecule has 156 valence electrons. The molecule has 10 heteroatoms. The second-order valence-electron chi connectivity index (χ2n) is 6.43. The molecular weight excluding hydrogens is 374 g/mol. The summed E-state index contributed by atoms with van der Waals surface area (Å²) >= 11 is 0. The number of aliphatic hydroxyl groups excluding tert-OH is 4. The predicted molar refractivity (Wildman–Crippen MR) is 94.0 cm³/mol. The number of benzene rings is 1. The molecule has 2 rings (SSSR count). The van der Waals surface area contributed by atoms with Crippen LogP contribution in [0.15, 0.2) is 30.3 Å². The van der Waals surface area contributed by atoms with Crippen molar-refractivity contribution in [2.24, 2.45) is 0 Å². The van der Waals surface area contributed by atoms with Gasteiger partial charge in [0, 0.05) is 25.6 Å². The van der Waals surface area contributed by atoms with Gasteiger partial charge < -0.3 is 40.0 Å². The van der Waals surface area contributed by atoms with Crippen molar-refractivity contribution in [3.63, 3.8) is 0 Å². The monoisotopic (exact) mass is 399 g/mol. The van der Waals surface area contributed by atoms with Gasteiger partial charge in [0.25, 0.3) is 11.7 Å². The van der Waals surface area contributed by atoms with E-state index in [1.165, 1.54) is 0 Å². The van der Waals surface area contributed by atoms with E-state index in [1.807, 2.05) is 0 Å². The maximum atomic E-state index is 12.0. The van der Waals surface area contributed by atoms with Crippen LogP contribution in [-0.2, 0) is 19.0 Å². The van der Waals surface area contributed by atoms with Crippen molar-refractivity contribution in [1.82, 2.24) is 5.32 Å². The van der Waals surface area contributed by atoms with Crippen molar-refractivity contribution in [3.8, 4) is 0 Å². The fourth-order valence-corrected chi connectivity index (χ4v) is 2.95. The number of methoxy groups -OCH3 is 2. The zero-order valence-corrected chi connectivity index (χ0v) is 15.5. The van der Waals surface area contributed by atoms with Gasteiger partial charge in [0.2, 0.25) is 0 Å². The van der Waals surface area contributed by atoms with Crippen molar-refractivity contribution in [3.05, 3.63) is 35.9 Å². The Balaban J connectivity index is 2.06. The number of rotatable bonds is 7. The molecule has 0 aliphatic carbocycles. The van der Waals surface area contributed by atoms with Crippen LogP contribution >= 0.6 is 0 Å². The molecule has 10 nitrogen and oxygen atoms in total. The minimum absolute atomic E-state index is 0.359. The standard InChI is InChI=1S/C18H25NO9/c1-26-17(25)18(27-2)8-11(20)13(22)15(28-18)14(23)12(21)9-19-16(24)10-6-4-3-5-7-10/h3-7,11-15,20-23H,8-9H2,1-2H3,(H,19,24)/t11-,12+,13+,14+,15+,18+/m0/s1. The van der Waals surface area contributed by atoms with Gasteiger partial charge in [-0.3, -0.25) is 4.79 Å². The van der Waals surface area contributed by atoms with Crippen LogP contribution in [0, 0.1) is 0 Å². The Morgan fingerprint density at radius 1 is 1.25 bits per heavy atom. The lowest BCUT2D eigenvalue weighted by Gasteiger charge is -2.44. The molecule has 5 N–H and O–H groups in total. The first kappa shape index (κ1) is 22.2. The van der Waals surface area contributed by atoms with Crippen molar-refractivity contribution >= 4 is 11.9 Å². The molecule has 1 aliphatic rings. The van der Waals surface area contributed by atoms with Crippen LogP contribution in [-0.4, -0.2) is 89.4 Å². The minimum atomic E-state index is -2.05. The summed E-state index contributed by atoms with van der Waals surface area (Å²) in [5.41, 5.74) is 0.359. The van der Waals surface area contributed by atoms with Gasteiger partial charge in [-0.15, -0.1) is 0 Å². The summed E-state index contributed by atoms with van der Waals surface area (Å²) in [7, 11) is 2.23. The Morgan fingerprint density at radius 3 is 2.46 bits per heavy atom. The maximum Gasteiger partial charge on any atom is 0.366 e. The summed E-state index contributed by atoms with van der Waals surface area (Å²) < 4.78 is 15.0. The van der Waals surface area contributed by atoms with Crippen molar-refractivity contribution in [2.45, 2.75) is 42.7 Å². The first-order chi connectivity index (χ1) is 13.3. The Labute approximate surface area is 161 Å². The van der Waals surface area contributed by atoms with E-state index < -0.39 is 54.6 Å². The number of hydrogen-bond acceptors (Lipinski definition) is 9.